The summed E-state index contributed by atoms with van der Waals surface area (Å²) in [5, 5.41) is 20.1. The molecule has 0 aromatic heterocycles. The van der Waals surface area contributed by atoms with Crippen LogP contribution in [0.4, 0.5) is 34.1 Å². The molecule has 0 aliphatic rings. The number of fused-ring (bicyclic) bond motifs is 3. The Labute approximate surface area is 347 Å². The van der Waals surface area contributed by atoms with Gasteiger partial charge < -0.3 is 9.80 Å². The fraction of sp³-hybridized carbons (Fsp3) is 0. The summed E-state index contributed by atoms with van der Waals surface area (Å²) in [6.07, 6.45) is 0. The van der Waals surface area contributed by atoms with Gasteiger partial charge >= 0.3 is 0 Å². The maximum Gasteiger partial charge on any atom is 0.0788 e. The lowest BCUT2D eigenvalue weighted by molar-refractivity contribution is 1.25. The van der Waals surface area contributed by atoms with E-state index in [4.69, 9.17) is 0 Å². The Morgan fingerprint density at radius 1 is 0.200 bits per heavy atom. The van der Waals surface area contributed by atoms with Crippen molar-refractivity contribution < 1.29 is 0 Å². The van der Waals surface area contributed by atoms with E-state index in [1.54, 1.807) is 0 Å². The predicted molar refractivity (Wildman–Crippen MR) is 258 cm³/mol. The van der Waals surface area contributed by atoms with E-state index in [9.17, 15) is 0 Å². The first-order chi connectivity index (χ1) is 29.8. The fourth-order valence-corrected chi connectivity index (χ4v) is 10.3. The Kier molecular flexibility index (Phi) is 7.05. The Hall–Kier alpha value is -7.94. The molecular weight excluding hydrogens is 725 g/mol. The second-order valence-electron chi connectivity index (χ2n) is 16.1. The van der Waals surface area contributed by atoms with E-state index >= 15 is 0 Å². The highest BCUT2D eigenvalue weighted by molar-refractivity contribution is 6.27. The first-order valence-corrected chi connectivity index (χ1v) is 20.8. The third-order valence-corrected chi connectivity index (χ3v) is 12.8. The number of hydrogen-bond donors (Lipinski definition) is 0. The van der Waals surface area contributed by atoms with Crippen LogP contribution >= 0.6 is 0 Å². The molecule has 2 nitrogen and oxygen atoms in total. The lowest BCUT2D eigenvalue weighted by Crippen LogP contribution is -2.18. The molecule has 0 spiro atoms. The molecular formula is C58H36N2. The van der Waals surface area contributed by atoms with Crippen molar-refractivity contribution in [3.63, 3.8) is 0 Å². The van der Waals surface area contributed by atoms with Crippen LogP contribution < -0.4 is 9.80 Å². The summed E-state index contributed by atoms with van der Waals surface area (Å²) in [7, 11) is 0. The summed E-state index contributed by atoms with van der Waals surface area (Å²) in [6, 6.07) is 80.9. The first-order valence-electron chi connectivity index (χ1n) is 20.8. The van der Waals surface area contributed by atoms with Gasteiger partial charge in [-0.25, -0.2) is 0 Å². The van der Waals surface area contributed by atoms with Crippen molar-refractivity contribution in [2.24, 2.45) is 0 Å². The van der Waals surface area contributed by atoms with Gasteiger partial charge in [0.15, 0.2) is 0 Å². The summed E-state index contributed by atoms with van der Waals surface area (Å²) in [6.45, 7) is 0. The number of benzene rings is 13. The number of nitrogens with zero attached hydrogens (tertiary/aromatic N) is 2. The lowest BCUT2D eigenvalue weighted by Gasteiger charge is -2.36. The molecule has 0 radical (unpaired) electrons. The molecule has 0 saturated carbocycles. The summed E-state index contributed by atoms with van der Waals surface area (Å²) in [5.74, 6) is 0. The van der Waals surface area contributed by atoms with Crippen LogP contribution in [0.5, 0.6) is 0 Å². The number of rotatable bonds is 6. The molecule has 60 heavy (non-hydrogen) atoms. The summed E-state index contributed by atoms with van der Waals surface area (Å²) in [4.78, 5) is 5.03. The molecule has 0 saturated heterocycles. The highest BCUT2D eigenvalue weighted by Gasteiger charge is 2.28. The quantitative estimate of drug-likeness (QED) is 0.123. The second kappa shape index (κ2) is 12.8. The van der Waals surface area contributed by atoms with Crippen molar-refractivity contribution in [1.29, 1.82) is 0 Å². The molecule has 13 aromatic carbocycles. The van der Waals surface area contributed by atoms with Gasteiger partial charge in [-0.1, -0.05) is 170 Å². The Morgan fingerprint density at radius 3 is 0.833 bits per heavy atom. The van der Waals surface area contributed by atoms with Crippen LogP contribution in [0.25, 0.3) is 86.2 Å². The van der Waals surface area contributed by atoms with Crippen molar-refractivity contribution in [1.82, 2.24) is 0 Å². The van der Waals surface area contributed by atoms with E-state index < -0.39 is 0 Å². The zero-order chi connectivity index (χ0) is 39.3. The highest BCUT2D eigenvalue weighted by atomic mass is 15.2. The van der Waals surface area contributed by atoms with Gasteiger partial charge in [-0.05, 0) is 124 Å². The molecule has 0 heterocycles. The molecule has 0 fully saturated rings. The Bertz CT molecular complexity index is 3400. The van der Waals surface area contributed by atoms with Gasteiger partial charge in [-0.3, -0.25) is 0 Å². The van der Waals surface area contributed by atoms with Crippen LogP contribution in [0.15, 0.2) is 218 Å². The predicted octanol–water partition coefficient (Wildman–Crippen LogP) is 16.7. The molecule has 0 aliphatic heterocycles. The molecule has 13 rings (SSSR count). The van der Waals surface area contributed by atoms with E-state index in [0.717, 1.165) is 34.1 Å². The summed E-state index contributed by atoms with van der Waals surface area (Å²) < 4.78 is 0. The first kappa shape index (κ1) is 33.1. The van der Waals surface area contributed by atoms with E-state index in [1.165, 1.54) is 86.2 Å². The van der Waals surface area contributed by atoms with Crippen molar-refractivity contribution in [2.75, 3.05) is 9.80 Å². The Morgan fingerprint density at radius 2 is 0.483 bits per heavy atom. The summed E-state index contributed by atoms with van der Waals surface area (Å²) in [5.41, 5.74) is 6.65. The van der Waals surface area contributed by atoms with E-state index in [2.05, 4.69) is 228 Å². The van der Waals surface area contributed by atoms with Gasteiger partial charge in [0.2, 0.25) is 0 Å². The maximum atomic E-state index is 2.51. The van der Waals surface area contributed by atoms with Gasteiger partial charge in [0.1, 0.15) is 0 Å². The van der Waals surface area contributed by atoms with Crippen molar-refractivity contribution >= 4 is 120 Å². The third-order valence-electron chi connectivity index (χ3n) is 12.8. The van der Waals surface area contributed by atoms with E-state index in [-0.39, 0.29) is 0 Å². The third kappa shape index (κ3) is 4.82. The molecule has 0 unspecified atom stereocenters. The van der Waals surface area contributed by atoms with Crippen molar-refractivity contribution in [3.05, 3.63) is 218 Å². The zero-order valence-corrected chi connectivity index (χ0v) is 32.7. The molecule has 0 bridgehead atoms. The molecule has 0 atom stereocenters. The standard InChI is InChI=1S/C58H36N2/c1-3-17-45(18-4-1)59(47-33-41-29-25-37-13-11-14-38-26-30-42(34-47)55(41)53(37)38)57-51-23-9-7-21-49(51)50-22-8-10-24-52(50)58(57)60(46-19-5-2-6-20-46)48-35-43-31-27-39-15-12-16-40-28-32-44(36-48)56(43)54(39)40/h1-36H. The second-order valence-corrected chi connectivity index (χ2v) is 16.1. The van der Waals surface area contributed by atoms with Gasteiger partial charge in [-0.2, -0.15) is 0 Å². The molecule has 13 aromatic rings. The molecule has 0 N–H and O–H groups in total. The molecule has 0 amide bonds. The van der Waals surface area contributed by atoms with Crippen LogP contribution in [-0.2, 0) is 0 Å². The largest absolute Gasteiger partial charge is 0.308 e. The average molecular weight is 761 g/mol. The summed E-state index contributed by atoms with van der Waals surface area (Å²) >= 11 is 0. The zero-order valence-electron chi connectivity index (χ0n) is 32.7. The minimum Gasteiger partial charge on any atom is -0.308 e. The highest BCUT2D eigenvalue weighted by Crippen LogP contribution is 2.54. The maximum absolute atomic E-state index is 2.51. The lowest BCUT2D eigenvalue weighted by atomic mass is 9.92. The molecule has 278 valence electrons. The van der Waals surface area contributed by atoms with Crippen LogP contribution in [-0.4, -0.2) is 0 Å². The molecule has 2 heteroatoms. The van der Waals surface area contributed by atoms with Crippen LogP contribution in [0, 0.1) is 0 Å². The monoisotopic (exact) mass is 760 g/mol. The minimum absolute atomic E-state index is 1.09. The number of anilines is 6. The van der Waals surface area contributed by atoms with Gasteiger partial charge in [0.05, 0.1) is 11.4 Å². The van der Waals surface area contributed by atoms with Gasteiger partial charge in [-0.15, -0.1) is 0 Å². The average Bonchev–Trinajstić information content (AvgIpc) is 3.31. The fourth-order valence-electron chi connectivity index (χ4n) is 10.3. The normalized spacial score (nSPS) is 12.0. The topological polar surface area (TPSA) is 6.48 Å². The van der Waals surface area contributed by atoms with E-state index in [1.807, 2.05) is 0 Å². The van der Waals surface area contributed by atoms with Gasteiger partial charge in [0, 0.05) is 33.5 Å². The van der Waals surface area contributed by atoms with Crippen LogP contribution in [0.2, 0.25) is 0 Å². The number of para-hydroxylation sites is 2. The molecule has 0 aliphatic carbocycles. The van der Waals surface area contributed by atoms with Crippen molar-refractivity contribution in [3.8, 4) is 0 Å². The SMILES string of the molecule is c1ccc(N(c2cc3ccc4cccc5ccc(c2)c3c45)c2c(N(c3ccccc3)c3cc4ccc5cccc6ccc(c3)c4c56)c3ccccc3c3ccccc23)cc1. The Balaban J connectivity index is 1.18. The van der Waals surface area contributed by atoms with Crippen LogP contribution in [0.3, 0.4) is 0 Å². The van der Waals surface area contributed by atoms with Crippen LogP contribution in [0.1, 0.15) is 0 Å². The van der Waals surface area contributed by atoms with E-state index in [0.29, 0.717) is 0 Å². The number of hydrogen-bond acceptors (Lipinski definition) is 2. The van der Waals surface area contributed by atoms with Crippen molar-refractivity contribution in [2.45, 2.75) is 0 Å². The minimum atomic E-state index is 1.09. The van der Waals surface area contributed by atoms with Gasteiger partial charge in [0.25, 0.3) is 0 Å². The smallest absolute Gasteiger partial charge is 0.0788 e.